The molecule has 0 aromatic rings. The summed E-state index contributed by atoms with van der Waals surface area (Å²) in [5.74, 6) is 1.40. The summed E-state index contributed by atoms with van der Waals surface area (Å²) in [6.07, 6.45) is 0. The zero-order valence-electron chi connectivity index (χ0n) is 6.91. The number of rotatable bonds is 0. The zero-order valence-corrected chi connectivity index (χ0v) is 8.07. The van der Waals surface area contributed by atoms with E-state index in [0.29, 0.717) is 11.3 Å². The highest BCUT2D eigenvalue weighted by atomic mass is 31.0. The van der Waals surface area contributed by atoms with Crippen LogP contribution < -0.4 is 0 Å². The first-order valence-electron chi connectivity index (χ1n) is 4.00. The van der Waals surface area contributed by atoms with Crippen LogP contribution in [0, 0.1) is 28.6 Å². The van der Waals surface area contributed by atoms with Crippen LogP contribution in [0.2, 0.25) is 0 Å². The molecule has 0 N–H and O–H groups in total. The Bertz CT molecular complexity index is 231. The molecule has 2 aliphatic rings. The molecule has 0 aromatic carbocycles. The lowest BCUT2D eigenvalue weighted by Crippen LogP contribution is -2.26. The standard InChI is InChI=1S/C8H13N2P/c1-8(2)5-4-10(11)6(3-9)7(5)8/h5-7H,4,11H2,1-2H3/t5?,6?,7-/m0/s1. The van der Waals surface area contributed by atoms with Gasteiger partial charge in [-0.3, -0.25) is 4.67 Å². The topological polar surface area (TPSA) is 27.0 Å². The number of nitrogens with zero attached hydrogens (tertiary/aromatic N) is 2. The molecule has 11 heavy (non-hydrogen) atoms. The Morgan fingerprint density at radius 3 is 2.64 bits per heavy atom. The van der Waals surface area contributed by atoms with Crippen molar-refractivity contribution in [2.24, 2.45) is 17.3 Å². The van der Waals surface area contributed by atoms with Crippen molar-refractivity contribution in [1.29, 1.82) is 5.26 Å². The van der Waals surface area contributed by atoms with Gasteiger partial charge in [-0.2, -0.15) is 5.26 Å². The molecule has 2 nitrogen and oxygen atoms in total. The fourth-order valence-corrected chi connectivity index (χ4v) is 2.94. The molecule has 0 amide bonds. The summed E-state index contributed by atoms with van der Waals surface area (Å²) in [5.41, 5.74) is 0.438. The van der Waals surface area contributed by atoms with Gasteiger partial charge in [0.15, 0.2) is 0 Å². The largest absolute Gasteiger partial charge is 0.271 e. The van der Waals surface area contributed by atoms with Gasteiger partial charge in [0.1, 0.15) is 6.04 Å². The normalized spacial score (nSPS) is 46.5. The number of piperidine rings is 1. The predicted molar refractivity (Wildman–Crippen MR) is 46.6 cm³/mol. The average Bonchev–Trinajstić information content (AvgIpc) is 2.38. The van der Waals surface area contributed by atoms with Crippen LogP contribution in [0.5, 0.6) is 0 Å². The second-order valence-corrected chi connectivity index (χ2v) is 4.89. The molecule has 2 rings (SSSR count). The average molecular weight is 168 g/mol. The van der Waals surface area contributed by atoms with Crippen molar-refractivity contribution in [2.45, 2.75) is 19.9 Å². The predicted octanol–water partition coefficient (Wildman–Crippen LogP) is 1.26. The quantitative estimate of drug-likeness (QED) is 0.509. The molecule has 0 bridgehead atoms. The van der Waals surface area contributed by atoms with Crippen molar-refractivity contribution < 1.29 is 0 Å². The maximum absolute atomic E-state index is 8.86. The Balaban J connectivity index is 2.18. The van der Waals surface area contributed by atoms with Crippen molar-refractivity contribution in [2.75, 3.05) is 6.54 Å². The lowest BCUT2D eigenvalue weighted by Gasteiger charge is -2.20. The number of fused-ring (bicyclic) bond motifs is 1. The number of hydrogen-bond donors (Lipinski definition) is 0. The molecule has 4 atom stereocenters. The van der Waals surface area contributed by atoms with Crippen LogP contribution in [0.25, 0.3) is 0 Å². The van der Waals surface area contributed by atoms with E-state index in [0.717, 1.165) is 12.5 Å². The first-order valence-corrected chi connectivity index (χ1v) is 4.51. The minimum absolute atomic E-state index is 0.153. The van der Waals surface area contributed by atoms with E-state index in [-0.39, 0.29) is 6.04 Å². The van der Waals surface area contributed by atoms with Crippen molar-refractivity contribution in [3.63, 3.8) is 0 Å². The first kappa shape index (κ1) is 7.53. The Kier molecular flexibility index (Phi) is 1.35. The molecule has 1 saturated heterocycles. The van der Waals surface area contributed by atoms with Crippen LogP contribution in [0.3, 0.4) is 0 Å². The second kappa shape index (κ2) is 1.97. The van der Waals surface area contributed by atoms with Gasteiger partial charge in [-0.1, -0.05) is 23.2 Å². The lowest BCUT2D eigenvalue weighted by atomic mass is 10.0. The van der Waals surface area contributed by atoms with Crippen LogP contribution in [0.4, 0.5) is 0 Å². The number of nitriles is 1. The molecular formula is C8H13N2P. The van der Waals surface area contributed by atoms with Crippen molar-refractivity contribution in [3.05, 3.63) is 0 Å². The SMILES string of the molecule is CC1(C)C2CN(P)C(C#N)[C@H]21. The number of hydrogen-bond acceptors (Lipinski definition) is 2. The molecule has 3 unspecified atom stereocenters. The molecule has 1 heterocycles. The minimum Gasteiger partial charge on any atom is -0.271 e. The van der Waals surface area contributed by atoms with E-state index in [1.165, 1.54) is 0 Å². The Hall–Kier alpha value is -0.120. The highest BCUT2D eigenvalue weighted by molar-refractivity contribution is 7.13. The maximum atomic E-state index is 8.86. The van der Waals surface area contributed by atoms with Crippen LogP contribution in [-0.2, 0) is 0 Å². The smallest absolute Gasteiger partial charge is 0.104 e. The van der Waals surface area contributed by atoms with Crippen LogP contribution in [0.15, 0.2) is 0 Å². The maximum Gasteiger partial charge on any atom is 0.104 e. The monoisotopic (exact) mass is 168 g/mol. The molecule has 1 aliphatic heterocycles. The molecule has 1 saturated carbocycles. The Morgan fingerprint density at radius 1 is 1.64 bits per heavy atom. The zero-order chi connectivity index (χ0) is 8.22. The van der Waals surface area contributed by atoms with Crippen LogP contribution >= 0.6 is 9.39 Å². The molecule has 60 valence electrons. The van der Waals surface area contributed by atoms with Gasteiger partial charge in [0.25, 0.3) is 0 Å². The first-order chi connectivity index (χ1) is 5.09. The molecular weight excluding hydrogens is 155 g/mol. The van der Waals surface area contributed by atoms with Gasteiger partial charge in [-0.25, -0.2) is 0 Å². The summed E-state index contributed by atoms with van der Waals surface area (Å²) in [5, 5.41) is 8.86. The van der Waals surface area contributed by atoms with Gasteiger partial charge in [0, 0.05) is 6.54 Å². The Morgan fingerprint density at radius 2 is 2.27 bits per heavy atom. The summed E-state index contributed by atoms with van der Waals surface area (Å²) >= 11 is 0. The molecule has 2 fully saturated rings. The third kappa shape index (κ3) is 0.789. The van der Waals surface area contributed by atoms with Gasteiger partial charge in [0.2, 0.25) is 0 Å². The van der Waals surface area contributed by atoms with Crippen LogP contribution in [-0.4, -0.2) is 17.3 Å². The van der Waals surface area contributed by atoms with Crippen molar-refractivity contribution >= 4 is 9.39 Å². The summed E-state index contributed by atoms with van der Waals surface area (Å²) < 4.78 is 2.10. The van der Waals surface area contributed by atoms with E-state index in [1.807, 2.05) is 0 Å². The summed E-state index contributed by atoms with van der Waals surface area (Å²) in [6, 6.07) is 2.52. The van der Waals surface area contributed by atoms with Gasteiger partial charge < -0.3 is 0 Å². The second-order valence-electron chi connectivity index (χ2n) is 4.22. The Labute approximate surface area is 69.8 Å². The molecule has 1 aliphatic carbocycles. The van der Waals surface area contributed by atoms with Crippen LogP contribution in [0.1, 0.15) is 13.8 Å². The highest BCUT2D eigenvalue weighted by Gasteiger charge is 2.66. The van der Waals surface area contributed by atoms with E-state index in [4.69, 9.17) is 5.26 Å². The molecule has 0 radical (unpaired) electrons. The van der Waals surface area contributed by atoms with Gasteiger partial charge >= 0.3 is 0 Å². The molecule has 0 spiro atoms. The van der Waals surface area contributed by atoms with Crippen molar-refractivity contribution in [1.82, 2.24) is 4.67 Å². The third-order valence-electron chi connectivity index (χ3n) is 3.38. The summed E-state index contributed by atoms with van der Waals surface area (Å²) in [7, 11) is 2.65. The summed E-state index contributed by atoms with van der Waals surface area (Å²) in [6.45, 7) is 5.62. The van der Waals surface area contributed by atoms with E-state index in [2.05, 4.69) is 34.0 Å². The van der Waals surface area contributed by atoms with Gasteiger partial charge in [-0.05, 0) is 17.3 Å². The highest BCUT2D eigenvalue weighted by Crippen LogP contribution is 2.65. The minimum atomic E-state index is 0.153. The molecule has 0 aromatic heterocycles. The lowest BCUT2D eigenvalue weighted by molar-refractivity contribution is 0.347. The fourth-order valence-electron chi connectivity index (χ4n) is 2.46. The van der Waals surface area contributed by atoms with E-state index in [9.17, 15) is 0 Å². The van der Waals surface area contributed by atoms with E-state index in [1.54, 1.807) is 0 Å². The van der Waals surface area contributed by atoms with E-state index < -0.39 is 0 Å². The van der Waals surface area contributed by atoms with Gasteiger partial charge in [0.05, 0.1) is 6.07 Å². The third-order valence-corrected chi connectivity index (χ3v) is 3.91. The van der Waals surface area contributed by atoms with Crippen molar-refractivity contribution in [3.8, 4) is 6.07 Å². The molecule has 3 heteroatoms. The summed E-state index contributed by atoms with van der Waals surface area (Å²) in [4.78, 5) is 0. The van der Waals surface area contributed by atoms with E-state index >= 15 is 0 Å². The fraction of sp³-hybridized carbons (Fsp3) is 0.875. The van der Waals surface area contributed by atoms with Gasteiger partial charge in [-0.15, -0.1) is 0 Å².